The van der Waals surface area contributed by atoms with Gasteiger partial charge in [-0.05, 0) is 61.9 Å². The smallest absolute Gasteiger partial charge is 0.292 e. The summed E-state index contributed by atoms with van der Waals surface area (Å²) < 4.78 is 5.28. The highest BCUT2D eigenvalue weighted by atomic mass is 35.5. The Kier molecular flexibility index (Phi) is 6.98. The van der Waals surface area contributed by atoms with Gasteiger partial charge in [0, 0.05) is 27.4 Å². The van der Waals surface area contributed by atoms with Crippen LogP contribution >= 0.6 is 11.6 Å². The maximum Gasteiger partial charge on any atom is 0.292 e. The summed E-state index contributed by atoms with van der Waals surface area (Å²) in [6.45, 7) is 3.24. The first kappa shape index (κ1) is 25.4. The molecule has 37 heavy (non-hydrogen) atoms. The third kappa shape index (κ3) is 5.46. The number of anilines is 2. The molecule has 0 saturated heterocycles. The Balaban J connectivity index is 1.90. The molecule has 0 aliphatic heterocycles. The Hall–Kier alpha value is -4.65. The second-order valence-electron chi connectivity index (χ2n) is 8.55. The molecule has 2 heterocycles. The maximum absolute atomic E-state index is 12.9. The van der Waals surface area contributed by atoms with Crippen LogP contribution in [-0.2, 0) is 4.79 Å². The number of furan rings is 1. The lowest BCUT2D eigenvalue weighted by atomic mass is 9.97. The van der Waals surface area contributed by atoms with Gasteiger partial charge in [0.1, 0.15) is 23.0 Å². The predicted octanol–water partition coefficient (Wildman–Crippen LogP) is 5.09. The molecule has 2 aromatic carbocycles. The van der Waals surface area contributed by atoms with Crippen LogP contribution in [0.3, 0.4) is 0 Å². The van der Waals surface area contributed by atoms with E-state index in [1.807, 2.05) is 0 Å². The lowest BCUT2D eigenvalue weighted by molar-refractivity contribution is -0.111. The van der Waals surface area contributed by atoms with E-state index in [-0.39, 0.29) is 28.6 Å². The van der Waals surface area contributed by atoms with Gasteiger partial charge in [-0.1, -0.05) is 23.7 Å². The number of phenolic OH excluding ortho intramolecular Hbond substituents is 1. The summed E-state index contributed by atoms with van der Waals surface area (Å²) in [7, 11) is 0. The molecule has 1 amide bonds. The van der Waals surface area contributed by atoms with E-state index in [4.69, 9.17) is 21.8 Å². The number of nitrogens with one attached hydrogen (secondary N) is 2. The van der Waals surface area contributed by atoms with E-state index < -0.39 is 11.6 Å². The van der Waals surface area contributed by atoms with Crippen LogP contribution in [0.1, 0.15) is 28.6 Å². The Morgan fingerprint density at radius 1 is 1.22 bits per heavy atom. The predicted molar refractivity (Wildman–Crippen MR) is 140 cm³/mol. The minimum Gasteiger partial charge on any atom is -0.507 e. The molecule has 10 heteroatoms. The molecule has 0 bridgehead atoms. The van der Waals surface area contributed by atoms with Crippen LogP contribution < -0.4 is 16.4 Å². The number of nitriles is 1. The minimum absolute atomic E-state index is 0.0277. The minimum atomic E-state index is -1.31. The normalized spacial score (nSPS) is 12.3. The van der Waals surface area contributed by atoms with Gasteiger partial charge in [0.25, 0.3) is 5.91 Å². The van der Waals surface area contributed by atoms with Crippen molar-refractivity contribution >= 4 is 35.3 Å². The van der Waals surface area contributed by atoms with Gasteiger partial charge in [0.2, 0.25) is 0 Å². The average Bonchev–Trinajstić information content (AvgIpc) is 3.29. The summed E-state index contributed by atoms with van der Waals surface area (Å²) in [5.74, 6) is -0.667. The van der Waals surface area contributed by atoms with E-state index >= 15 is 0 Å². The van der Waals surface area contributed by atoms with Gasteiger partial charge in [-0.2, -0.15) is 5.26 Å². The highest BCUT2D eigenvalue weighted by molar-refractivity contribution is 6.30. The van der Waals surface area contributed by atoms with Crippen molar-refractivity contribution in [3.05, 3.63) is 82.8 Å². The standard InChI is InChI=1S/C27H22ClN5O4/c1-15-8-9-37-24(15)26(36)32-25-21(13-29)20(12-22(31-25)19-7-6-17(28)11-23(19)35)16-4-3-5-18(10-16)33-27(2,30)14-34/h3-12,14,33,35H,30H2,1-2H3,(H,31,32,36)/t27-/m0/s1. The molecule has 0 fully saturated rings. The Morgan fingerprint density at radius 2 is 2.00 bits per heavy atom. The van der Waals surface area contributed by atoms with Crippen molar-refractivity contribution in [1.29, 1.82) is 5.26 Å². The number of nitrogens with zero attached hydrogens (tertiary/aromatic N) is 2. The largest absolute Gasteiger partial charge is 0.507 e. The summed E-state index contributed by atoms with van der Waals surface area (Å²) in [6.07, 6.45) is 1.97. The van der Waals surface area contributed by atoms with E-state index in [1.165, 1.54) is 19.3 Å². The molecule has 4 aromatic rings. The molecule has 0 spiro atoms. The fourth-order valence-electron chi connectivity index (χ4n) is 3.71. The number of pyridine rings is 1. The highest BCUT2D eigenvalue weighted by Gasteiger charge is 2.22. The zero-order chi connectivity index (χ0) is 26.7. The van der Waals surface area contributed by atoms with Crippen LogP contribution in [0.4, 0.5) is 11.5 Å². The number of aromatic nitrogens is 1. The second kappa shape index (κ2) is 10.1. The molecule has 0 aliphatic carbocycles. The molecule has 186 valence electrons. The first-order valence-corrected chi connectivity index (χ1v) is 11.4. The zero-order valence-electron chi connectivity index (χ0n) is 19.9. The number of hydrogen-bond acceptors (Lipinski definition) is 8. The van der Waals surface area contributed by atoms with Gasteiger partial charge in [0.05, 0.1) is 12.0 Å². The molecular formula is C27H22ClN5O4. The Morgan fingerprint density at radius 3 is 2.65 bits per heavy atom. The van der Waals surface area contributed by atoms with Gasteiger partial charge < -0.3 is 25.9 Å². The first-order valence-electron chi connectivity index (χ1n) is 11.0. The molecular weight excluding hydrogens is 494 g/mol. The average molecular weight is 516 g/mol. The number of amides is 1. The molecule has 2 aromatic heterocycles. The number of nitrogens with two attached hydrogens (primary N) is 1. The van der Waals surface area contributed by atoms with E-state index in [0.29, 0.717) is 39.2 Å². The zero-order valence-corrected chi connectivity index (χ0v) is 20.6. The summed E-state index contributed by atoms with van der Waals surface area (Å²) in [4.78, 5) is 28.7. The van der Waals surface area contributed by atoms with E-state index in [9.17, 15) is 20.0 Å². The molecule has 0 radical (unpaired) electrons. The van der Waals surface area contributed by atoms with Gasteiger partial charge in [-0.25, -0.2) is 4.98 Å². The Labute approximate surface area is 217 Å². The number of aryl methyl sites for hydroxylation is 1. The van der Waals surface area contributed by atoms with Gasteiger partial charge in [-0.15, -0.1) is 0 Å². The summed E-state index contributed by atoms with van der Waals surface area (Å²) in [5.41, 5.74) is 7.45. The van der Waals surface area contributed by atoms with Crippen LogP contribution in [0, 0.1) is 18.3 Å². The molecule has 5 N–H and O–H groups in total. The lowest BCUT2D eigenvalue weighted by Crippen LogP contribution is -2.46. The third-order valence-electron chi connectivity index (χ3n) is 5.50. The summed E-state index contributed by atoms with van der Waals surface area (Å²) in [5, 5.41) is 26.5. The van der Waals surface area contributed by atoms with Crippen molar-refractivity contribution in [2.75, 3.05) is 10.6 Å². The van der Waals surface area contributed by atoms with Crippen LogP contribution in [0.5, 0.6) is 5.75 Å². The van der Waals surface area contributed by atoms with Gasteiger partial charge >= 0.3 is 0 Å². The fraction of sp³-hybridized carbons (Fsp3) is 0.111. The van der Waals surface area contributed by atoms with Gasteiger partial charge in [-0.3, -0.25) is 9.59 Å². The molecule has 0 aliphatic rings. The fourth-order valence-corrected chi connectivity index (χ4v) is 3.88. The molecule has 1 atom stereocenters. The quantitative estimate of drug-likeness (QED) is 0.196. The van der Waals surface area contributed by atoms with Gasteiger partial charge in [0.15, 0.2) is 17.9 Å². The number of aldehydes is 1. The van der Waals surface area contributed by atoms with Crippen LogP contribution in [0.15, 0.2) is 65.3 Å². The molecule has 0 saturated carbocycles. The number of aromatic hydroxyl groups is 1. The van der Waals surface area contributed by atoms with E-state index in [1.54, 1.807) is 55.5 Å². The van der Waals surface area contributed by atoms with Crippen molar-refractivity contribution in [2.45, 2.75) is 19.5 Å². The van der Waals surface area contributed by atoms with Crippen molar-refractivity contribution in [3.63, 3.8) is 0 Å². The number of hydrogen-bond donors (Lipinski definition) is 4. The van der Waals surface area contributed by atoms with Crippen LogP contribution in [-0.4, -0.2) is 27.9 Å². The monoisotopic (exact) mass is 515 g/mol. The number of rotatable bonds is 7. The van der Waals surface area contributed by atoms with Crippen molar-refractivity contribution in [1.82, 2.24) is 4.98 Å². The SMILES string of the molecule is Cc1ccoc1C(=O)Nc1nc(-c2ccc(Cl)cc2O)cc(-c2cccc(N[C@](C)(N)C=O)c2)c1C#N. The Bertz CT molecular complexity index is 1550. The first-order chi connectivity index (χ1) is 17.6. The third-order valence-corrected chi connectivity index (χ3v) is 5.73. The van der Waals surface area contributed by atoms with Crippen LogP contribution in [0.25, 0.3) is 22.4 Å². The molecule has 4 rings (SSSR count). The number of carbonyl (C=O) groups excluding carboxylic acids is 2. The van der Waals surface area contributed by atoms with Crippen LogP contribution in [0.2, 0.25) is 5.02 Å². The lowest BCUT2D eigenvalue weighted by Gasteiger charge is -2.21. The molecule has 9 nitrogen and oxygen atoms in total. The molecule has 0 unspecified atom stereocenters. The van der Waals surface area contributed by atoms with E-state index in [0.717, 1.165) is 0 Å². The highest BCUT2D eigenvalue weighted by Crippen LogP contribution is 2.37. The summed E-state index contributed by atoms with van der Waals surface area (Å²) >= 11 is 6.00. The number of benzene rings is 2. The van der Waals surface area contributed by atoms with Crippen molar-refractivity contribution in [2.24, 2.45) is 5.73 Å². The number of carbonyl (C=O) groups is 2. The number of phenols is 1. The maximum atomic E-state index is 12.9. The second-order valence-corrected chi connectivity index (χ2v) is 8.98. The van der Waals surface area contributed by atoms with Crippen molar-refractivity contribution in [3.8, 4) is 34.2 Å². The van der Waals surface area contributed by atoms with Crippen molar-refractivity contribution < 1.29 is 19.1 Å². The topological polar surface area (TPSA) is 154 Å². The van der Waals surface area contributed by atoms with E-state index in [2.05, 4.69) is 21.7 Å². The summed E-state index contributed by atoms with van der Waals surface area (Å²) in [6, 6.07) is 16.8. The number of halogens is 1.